The number of anilines is 1. The molecule has 18 heavy (non-hydrogen) atoms. The Balaban J connectivity index is 2.41. The van der Waals surface area contributed by atoms with Gasteiger partial charge in [-0.2, -0.15) is 0 Å². The molecule has 0 aliphatic heterocycles. The number of carboxylic acid groups (broad SMARTS) is 1. The summed E-state index contributed by atoms with van der Waals surface area (Å²) in [5, 5.41) is 18.6. The number of halogens is 1. The summed E-state index contributed by atoms with van der Waals surface area (Å²) < 4.78 is 0.919. The van der Waals surface area contributed by atoms with Gasteiger partial charge in [0.15, 0.2) is 0 Å². The summed E-state index contributed by atoms with van der Waals surface area (Å²) in [6, 6.07) is 5.57. The minimum Gasteiger partial charge on any atom is -0.465 e. The third kappa shape index (κ3) is 2.47. The summed E-state index contributed by atoms with van der Waals surface area (Å²) in [5.74, 6) is 0. The highest BCUT2D eigenvalue weighted by Gasteiger charge is 2.17. The van der Waals surface area contributed by atoms with Gasteiger partial charge in [0.2, 0.25) is 0 Å². The number of aromatic amines is 1. The van der Waals surface area contributed by atoms with E-state index in [0.29, 0.717) is 5.69 Å². The predicted octanol–water partition coefficient (Wildman–Crippen LogP) is 2.39. The van der Waals surface area contributed by atoms with Gasteiger partial charge in [-0.05, 0) is 18.2 Å². The van der Waals surface area contributed by atoms with Gasteiger partial charge in [-0.25, -0.2) is 10.3 Å². The fourth-order valence-corrected chi connectivity index (χ4v) is 2.15. The lowest BCUT2D eigenvalue weighted by Crippen LogP contribution is -2.35. The summed E-state index contributed by atoms with van der Waals surface area (Å²) in [4.78, 5) is 15.4. The largest absolute Gasteiger partial charge is 0.465 e. The van der Waals surface area contributed by atoms with Crippen molar-refractivity contribution in [3.05, 3.63) is 28.9 Å². The number of amides is 1. The molecule has 1 heterocycles. The molecule has 0 atom stereocenters. The topological polar surface area (TPSA) is 88.6 Å². The zero-order valence-electron chi connectivity index (χ0n) is 9.35. The van der Waals surface area contributed by atoms with Crippen LogP contribution in [0.1, 0.15) is 0 Å². The van der Waals surface area contributed by atoms with Gasteiger partial charge in [-0.1, -0.05) is 15.9 Å². The third-order valence-electron chi connectivity index (χ3n) is 2.59. The molecule has 1 amide bonds. The maximum Gasteiger partial charge on any atom is 0.411 e. The van der Waals surface area contributed by atoms with Crippen LogP contribution in [-0.4, -0.2) is 34.5 Å². The zero-order chi connectivity index (χ0) is 13.1. The second kappa shape index (κ2) is 5.38. The van der Waals surface area contributed by atoms with E-state index in [4.69, 9.17) is 5.21 Å². The van der Waals surface area contributed by atoms with Crippen LogP contribution in [-0.2, 0) is 0 Å². The summed E-state index contributed by atoms with van der Waals surface area (Å²) >= 11 is 3.36. The predicted molar refractivity (Wildman–Crippen MR) is 71.2 cm³/mol. The summed E-state index contributed by atoms with van der Waals surface area (Å²) in [7, 11) is 0. The number of rotatable bonds is 4. The number of hydroxylamine groups is 1. The number of hydrogen-bond donors (Lipinski definition) is 4. The molecule has 1 aromatic carbocycles. The van der Waals surface area contributed by atoms with E-state index in [2.05, 4.69) is 20.9 Å². The number of fused-ring (bicyclic) bond motifs is 1. The first-order valence-electron chi connectivity index (χ1n) is 5.27. The second-order valence-electron chi connectivity index (χ2n) is 3.71. The van der Waals surface area contributed by atoms with Crippen molar-refractivity contribution in [3.8, 4) is 0 Å². The third-order valence-corrected chi connectivity index (χ3v) is 3.08. The lowest BCUT2D eigenvalue weighted by atomic mass is 10.2. The van der Waals surface area contributed by atoms with Crippen molar-refractivity contribution in [1.29, 1.82) is 0 Å². The Morgan fingerprint density at radius 2 is 2.28 bits per heavy atom. The molecule has 7 heteroatoms. The Kier molecular flexibility index (Phi) is 3.85. The monoisotopic (exact) mass is 313 g/mol. The summed E-state index contributed by atoms with van der Waals surface area (Å²) in [6.45, 7) is 0.324. The van der Waals surface area contributed by atoms with Crippen molar-refractivity contribution in [1.82, 2.24) is 10.5 Å². The molecule has 0 aliphatic rings. The van der Waals surface area contributed by atoms with E-state index in [9.17, 15) is 9.90 Å². The SMILES string of the molecule is O=C(O)N(CCNO)c1c[nH]c2cc(Br)ccc12. The molecule has 0 fully saturated rings. The first-order valence-corrected chi connectivity index (χ1v) is 6.07. The van der Waals surface area contributed by atoms with Gasteiger partial charge in [0.05, 0.1) is 5.69 Å². The first-order chi connectivity index (χ1) is 8.63. The van der Waals surface area contributed by atoms with Crippen molar-refractivity contribution in [2.45, 2.75) is 0 Å². The van der Waals surface area contributed by atoms with E-state index in [-0.39, 0.29) is 13.1 Å². The molecule has 1 aromatic heterocycles. The summed E-state index contributed by atoms with van der Waals surface area (Å²) in [5.41, 5.74) is 3.37. The molecule has 0 saturated carbocycles. The van der Waals surface area contributed by atoms with E-state index in [1.54, 1.807) is 6.20 Å². The van der Waals surface area contributed by atoms with Gasteiger partial charge in [-0.15, -0.1) is 0 Å². The van der Waals surface area contributed by atoms with Crippen molar-refractivity contribution in [3.63, 3.8) is 0 Å². The van der Waals surface area contributed by atoms with Gasteiger partial charge < -0.3 is 15.3 Å². The van der Waals surface area contributed by atoms with E-state index < -0.39 is 6.09 Å². The molecular weight excluding hydrogens is 302 g/mol. The number of nitrogens with zero attached hydrogens (tertiary/aromatic N) is 1. The number of hydrogen-bond acceptors (Lipinski definition) is 3. The van der Waals surface area contributed by atoms with Gasteiger partial charge in [0.25, 0.3) is 0 Å². The molecule has 4 N–H and O–H groups in total. The van der Waals surface area contributed by atoms with Gasteiger partial charge >= 0.3 is 6.09 Å². The summed E-state index contributed by atoms with van der Waals surface area (Å²) in [6.07, 6.45) is 0.580. The van der Waals surface area contributed by atoms with Crippen molar-refractivity contribution in [2.24, 2.45) is 0 Å². The average Bonchev–Trinajstić information content (AvgIpc) is 2.72. The van der Waals surface area contributed by atoms with Crippen molar-refractivity contribution in [2.75, 3.05) is 18.0 Å². The highest BCUT2D eigenvalue weighted by atomic mass is 79.9. The molecular formula is C11H12BrN3O3. The Morgan fingerprint density at radius 1 is 1.50 bits per heavy atom. The van der Waals surface area contributed by atoms with E-state index in [1.165, 1.54) is 4.90 Å². The van der Waals surface area contributed by atoms with Crippen LogP contribution in [0.2, 0.25) is 0 Å². The van der Waals surface area contributed by atoms with Gasteiger partial charge in [0, 0.05) is 34.7 Å². The molecule has 6 nitrogen and oxygen atoms in total. The average molecular weight is 314 g/mol. The van der Waals surface area contributed by atoms with Gasteiger partial charge in [0.1, 0.15) is 0 Å². The van der Waals surface area contributed by atoms with Crippen LogP contribution in [0.3, 0.4) is 0 Å². The van der Waals surface area contributed by atoms with Crippen LogP contribution in [0.15, 0.2) is 28.9 Å². The van der Waals surface area contributed by atoms with Crippen LogP contribution in [0.25, 0.3) is 10.9 Å². The molecule has 0 saturated heterocycles. The van der Waals surface area contributed by atoms with E-state index >= 15 is 0 Å². The molecule has 2 aromatic rings. The van der Waals surface area contributed by atoms with E-state index in [0.717, 1.165) is 15.4 Å². The Labute approximate surface area is 111 Å². The normalized spacial score (nSPS) is 10.8. The maximum absolute atomic E-state index is 11.2. The highest BCUT2D eigenvalue weighted by Crippen LogP contribution is 2.28. The highest BCUT2D eigenvalue weighted by molar-refractivity contribution is 9.10. The number of benzene rings is 1. The molecule has 0 aliphatic carbocycles. The van der Waals surface area contributed by atoms with Crippen LogP contribution in [0, 0.1) is 0 Å². The fraction of sp³-hybridized carbons (Fsp3) is 0.182. The molecule has 2 rings (SSSR count). The van der Waals surface area contributed by atoms with Crippen LogP contribution in [0.5, 0.6) is 0 Å². The first kappa shape index (κ1) is 12.9. The molecule has 96 valence electrons. The maximum atomic E-state index is 11.2. The molecule has 0 unspecified atom stereocenters. The number of nitrogens with one attached hydrogen (secondary N) is 2. The fourth-order valence-electron chi connectivity index (χ4n) is 1.79. The molecule has 0 bridgehead atoms. The standard InChI is InChI=1S/C11H12BrN3O3/c12-7-1-2-8-9(5-7)13-6-10(8)15(11(16)17)4-3-14-18/h1-2,5-6,13-14,18H,3-4H2,(H,16,17). The lowest BCUT2D eigenvalue weighted by Gasteiger charge is -2.17. The van der Waals surface area contributed by atoms with Crippen LogP contribution in [0.4, 0.5) is 10.5 Å². The Hall–Kier alpha value is -1.57. The number of carbonyl (C=O) groups is 1. The smallest absolute Gasteiger partial charge is 0.411 e. The van der Waals surface area contributed by atoms with Crippen molar-refractivity contribution < 1.29 is 15.1 Å². The number of H-pyrrole nitrogens is 1. The minimum atomic E-state index is -1.06. The van der Waals surface area contributed by atoms with Gasteiger partial charge in [-0.3, -0.25) is 4.90 Å². The zero-order valence-corrected chi connectivity index (χ0v) is 10.9. The Bertz CT molecular complexity index is 570. The van der Waals surface area contributed by atoms with Crippen molar-refractivity contribution >= 4 is 38.6 Å². The van der Waals surface area contributed by atoms with Crippen LogP contribution >= 0.6 is 15.9 Å². The Morgan fingerprint density at radius 3 is 2.94 bits per heavy atom. The quantitative estimate of drug-likeness (QED) is 0.653. The van der Waals surface area contributed by atoms with E-state index in [1.807, 2.05) is 23.7 Å². The lowest BCUT2D eigenvalue weighted by molar-refractivity contribution is 0.167. The molecule has 0 spiro atoms. The molecule has 0 radical (unpaired) electrons. The minimum absolute atomic E-state index is 0.162. The van der Waals surface area contributed by atoms with Crippen LogP contribution < -0.4 is 10.4 Å². The number of aromatic nitrogens is 1. The second-order valence-corrected chi connectivity index (χ2v) is 4.62.